The Hall–Kier alpha value is -2.30. The summed E-state index contributed by atoms with van der Waals surface area (Å²) < 4.78 is 5.09. The van der Waals surface area contributed by atoms with E-state index in [1.54, 1.807) is 6.07 Å². The summed E-state index contributed by atoms with van der Waals surface area (Å²) in [5.41, 5.74) is 2.32. The molecule has 2 aromatic rings. The fraction of sp³-hybridized carbons (Fsp3) is 0.375. The van der Waals surface area contributed by atoms with Gasteiger partial charge in [0.15, 0.2) is 0 Å². The maximum Gasteiger partial charge on any atom is 0.433 e. The van der Waals surface area contributed by atoms with Gasteiger partial charge in [-0.2, -0.15) is 0 Å². The zero-order valence-corrected chi connectivity index (χ0v) is 12.2. The molecule has 0 spiro atoms. The standard InChI is InChI=1S/C16H20N2O3/c1-2-3-4-5-13-6-8-14(9-7-13)17-12-15-10-11-16(21-15)18(19)20/h6-11,17H,2-5,12H2,1H3. The summed E-state index contributed by atoms with van der Waals surface area (Å²) in [5, 5.41) is 13.7. The lowest BCUT2D eigenvalue weighted by Crippen LogP contribution is -1.98. The predicted octanol–water partition coefficient (Wildman–Crippen LogP) is 4.53. The van der Waals surface area contributed by atoms with E-state index < -0.39 is 4.92 Å². The van der Waals surface area contributed by atoms with Gasteiger partial charge in [0.25, 0.3) is 0 Å². The molecule has 2 rings (SSSR count). The highest BCUT2D eigenvalue weighted by Crippen LogP contribution is 2.18. The van der Waals surface area contributed by atoms with Gasteiger partial charge < -0.3 is 9.73 Å². The number of furan rings is 1. The van der Waals surface area contributed by atoms with Gasteiger partial charge in [-0.3, -0.25) is 10.1 Å². The van der Waals surface area contributed by atoms with Crippen LogP contribution in [0.15, 0.2) is 40.8 Å². The maximum atomic E-state index is 10.5. The molecule has 112 valence electrons. The van der Waals surface area contributed by atoms with Crippen LogP contribution in [0.1, 0.15) is 37.5 Å². The first-order chi connectivity index (χ1) is 10.2. The molecule has 0 saturated carbocycles. The van der Waals surface area contributed by atoms with Gasteiger partial charge in [0.1, 0.15) is 10.7 Å². The fourth-order valence-electron chi connectivity index (χ4n) is 2.12. The highest BCUT2D eigenvalue weighted by molar-refractivity contribution is 5.44. The van der Waals surface area contributed by atoms with Crippen molar-refractivity contribution < 1.29 is 9.34 Å². The lowest BCUT2D eigenvalue weighted by Gasteiger charge is -2.06. The van der Waals surface area contributed by atoms with Crippen LogP contribution in [0.2, 0.25) is 0 Å². The molecule has 5 nitrogen and oxygen atoms in total. The van der Waals surface area contributed by atoms with Crippen LogP contribution in [0, 0.1) is 10.1 Å². The molecule has 0 amide bonds. The molecule has 0 atom stereocenters. The number of rotatable bonds is 8. The summed E-state index contributed by atoms with van der Waals surface area (Å²) in [6, 6.07) is 11.3. The van der Waals surface area contributed by atoms with Crippen molar-refractivity contribution in [2.24, 2.45) is 0 Å². The first-order valence-corrected chi connectivity index (χ1v) is 7.25. The molecule has 1 heterocycles. The number of aryl methyl sites for hydroxylation is 1. The highest BCUT2D eigenvalue weighted by atomic mass is 16.6. The van der Waals surface area contributed by atoms with Crippen LogP contribution in [-0.4, -0.2) is 4.92 Å². The lowest BCUT2D eigenvalue weighted by molar-refractivity contribution is -0.402. The maximum absolute atomic E-state index is 10.5. The van der Waals surface area contributed by atoms with Crippen LogP contribution in [0.5, 0.6) is 0 Å². The quantitative estimate of drug-likeness (QED) is 0.440. The Balaban J connectivity index is 1.83. The van der Waals surface area contributed by atoms with Crippen molar-refractivity contribution >= 4 is 11.6 Å². The average molecular weight is 288 g/mol. The number of anilines is 1. The van der Waals surface area contributed by atoms with Crippen molar-refractivity contribution in [3.8, 4) is 0 Å². The number of nitro groups is 1. The van der Waals surface area contributed by atoms with Gasteiger partial charge in [0.2, 0.25) is 0 Å². The molecule has 0 saturated heterocycles. The van der Waals surface area contributed by atoms with Crippen molar-refractivity contribution in [1.29, 1.82) is 0 Å². The Morgan fingerprint density at radius 1 is 1.14 bits per heavy atom. The van der Waals surface area contributed by atoms with Crippen molar-refractivity contribution in [3.05, 3.63) is 57.8 Å². The van der Waals surface area contributed by atoms with Crippen LogP contribution < -0.4 is 5.32 Å². The second-order valence-corrected chi connectivity index (χ2v) is 5.00. The molecule has 0 radical (unpaired) electrons. The minimum absolute atomic E-state index is 0.224. The molecular weight excluding hydrogens is 268 g/mol. The topological polar surface area (TPSA) is 68.3 Å². The second-order valence-electron chi connectivity index (χ2n) is 5.00. The van der Waals surface area contributed by atoms with Crippen LogP contribution in [0.4, 0.5) is 11.6 Å². The first-order valence-electron chi connectivity index (χ1n) is 7.25. The van der Waals surface area contributed by atoms with E-state index in [1.807, 2.05) is 12.1 Å². The monoisotopic (exact) mass is 288 g/mol. The van der Waals surface area contributed by atoms with Gasteiger partial charge in [-0.25, -0.2) is 0 Å². The molecule has 1 N–H and O–H groups in total. The third-order valence-corrected chi connectivity index (χ3v) is 3.32. The summed E-state index contributed by atoms with van der Waals surface area (Å²) in [6.45, 7) is 2.63. The molecule has 0 fully saturated rings. The third kappa shape index (κ3) is 4.63. The van der Waals surface area contributed by atoms with Gasteiger partial charge in [-0.15, -0.1) is 0 Å². The zero-order valence-electron chi connectivity index (χ0n) is 12.2. The smallest absolute Gasteiger partial charge is 0.404 e. The molecule has 0 unspecified atom stereocenters. The Kier molecular flexibility index (Phi) is 5.37. The van der Waals surface area contributed by atoms with E-state index in [0.29, 0.717) is 12.3 Å². The second kappa shape index (κ2) is 7.47. The van der Waals surface area contributed by atoms with E-state index in [1.165, 1.54) is 30.9 Å². The summed E-state index contributed by atoms with van der Waals surface area (Å²) in [7, 11) is 0. The SMILES string of the molecule is CCCCCc1ccc(NCc2ccc([N+](=O)[O-])o2)cc1. The van der Waals surface area contributed by atoms with Crippen LogP contribution >= 0.6 is 0 Å². The van der Waals surface area contributed by atoms with E-state index in [2.05, 4.69) is 24.4 Å². The number of nitrogens with zero attached hydrogens (tertiary/aromatic N) is 1. The largest absolute Gasteiger partial charge is 0.433 e. The third-order valence-electron chi connectivity index (χ3n) is 3.32. The minimum atomic E-state index is -0.533. The van der Waals surface area contributed by atoms with E-state index >= 15 is 0 Å². The Bertz CT molecular complexity index is 575. The summed E-state index contributed by atoms with van der Waals surface area (Å²) >= 11 is 0. The van der Waals surface area contributed by atoms with E-state index in [0.717, 1.165) is 12.1 Å². The zero-order chi connectivity index (χ0) is 15.1. The molecule has 0 aliphatic carbocycles. The molecule has 0 aliphatic heterocycles. The normalized spacial score (nSPS) is 10.5. The van der Waals surface area contributed by atoms with Crippen molar-refractivity contribution in [1.82, 2.24) is 0 Å². The lowest BCUT2D eigenvalue weighted by atomic mass is 10.1. The van der Waals surface area contributed by atoms with Crippen molar-refractivity contribution in [3.63, 3.8) is 0 Å². The molecule has 21 heavy (non-hydrogen) atoms. The van der Waals surface area contributed by atoms with Crippen LogP contribution in [0.3, 0.4) is 0 Å². The number of benzene rings is 1. The number of unbranched alkanes of at least 4 members (excludes halogenated alkanes) is 2. The highest BCUT2D eigenvalue weighted by Gasteiger charge is 2.11. The van der Waals surface area contributed by atoms with E-state index in [-0.39, 0.29) is 5.88 Å². The summed E-state index contributed by atoms with van der Waals surface area (Å²) in [4.78, 5) is 9.99. The van der Waals surface area contributed by atoms with Crippen molar-refractivity contribution in [2.45, 2.75) is 39.2 Å². The van der Waals surface area contributed by atoms with Gasteiger partial charge in [0, 0.05) is 5.69 Å². The predicted molar refractivity (Wildman–Crippen MR) is 82.4 cm³/mol. The molecule has 0 bridgehead atoms. The van der Waals surface area contributed by atoms with Gasteiger partial charge in [-0.1, -0.05) is 31.9 Å². The Morgan fingerprint density at radius 3 is 2.52 bits per heavy atom. The Labute approximate surface area is 124 Å². The average Bonchev–Trinajstić information content (AvgIpc) is 2.96. The van der Waals surface area contributed by atoms with Crippen LogP contribution in [0.25, 0.3) is 0 Å². The van der Waals surface area contributed by atoms with Crippen molar-refractivity contribution in [2.75, 3.05) is 5.32 Å². The van der Waals surface area contributed by atoms with E-state index in [9.17, 15) is 10.1 Å². The fourth-order valence-corrected chi connectivity index (χ4v) is 2.12. The summed E-state index contributed by atoms with van der Waals surface area (Å²) in [6.07, 6.45) is 4.82. The number of nitrogens with one attached hydrogen (secondary N) is 1. The minimum Gasteiger partial charge on any atom is -0.404 e. The first kappa shape index (κ1) is 15.1. The van der Waals surface area contributed by atoms with E-state index in [4.69, 9.17) is 4.42 Å². The Morgan fingerprint density at radius 2 is 1.90 bits per heavy atom. The van der Waals surface area contributed by atoms with Gasteiger partial charge in [-0.05, 0) is 36.6 Å². The molecule has 0 aliphatic rings. The van der Waals surface area contributed by atoms with Crippen LogP contribution in [-0.2, 0) is 13.0 Å². The van der Waals surface area contributed by atoms with Gasteiger partial charge in [0.05, 0.1) is 12.6 Å². The molecular formula is C16H20N2O3. The number of hydrogen-bond donors (Lipinski definition) is 1. The van der Waals surface area contributed by atoms with Gasteiger partial charge >= 0.3 is 5.88 Å². The molecule has 1 aromatic heterocycles. The summed E-state index contributed by atoms with van der Waals surface area (Å²) in [5.74, 6) is 0.326. The number of hydrogen-bond acceptors (Lipinski definition) is 4. The molecule has 1 aromatic carbocycles. The molecule has 5 heteroatoms.